The molecule has 1 aromatic heterocycles. The summed E-state index contributed by atoms with van der Waals surface area (Å²) < 4.78 is 1.31. The van der Waals surface area contributed by atoms with Crippen molar-refractivity contribution in [1.82, 2.24) is 9.88 Å². The van der Waals surface area contributed by atoms with Gasteiger partial charge in [0, 0.05) is 31.6 Å². The van der Waals surface area contributed by atoms with E-state index in [1.807, 2.05) is 18.2 Å². The zero-order valence-electron chi connectivity index (χ0n) is 12.8. The van der Waals surface area contributed by atoms with Crippen LogP contribution < -0.4 is 10.9 Å². The van der Waals surface area contributed by atoms with E-state index < -0.39 is 17.9 Å². The van der Waals surface area contributed by atoms with Crippen LogP contribution in [-0.2, 0) is 22.6 Å². The number of aryl methyl sites for hydroxylation is 1. The number of halogens is 1. The molecular weight excluding hydrogens is 332 g/mol. The fourth-order valence-electron chi connectivity index (χ4n) is 2.22. The molecular formula is C17H17ClN2O4. The third-order valence-electron chi connectivity index (χ3n) is 3.44. The van der Waals surface area contributed by atoms with Crippen molar-refractivity contribution in [2.45, 2.75) is 25.4 Å². The highest BCUT2D eigenvalue weighted by atomic mass is 35.5. The number of aromatic nitrogens is 1. The molecule has 0 radical (unpaired) electrons. The molecule has 2 N–H and O–H groups in total. The molecule has 1 aromatic carbocycles. The second kappa shape index (κ2) is 8.31. The second-order valence-corrected chi connectivity index (χ2v) is 5.71. The summed E-state index contributed by atoms with van der Waals surface area (Å²) in [5.74, 6) is -1.54. The van der Waals surface area contributed by atoms with Crippen molar-refractivity contribution in [3.05, 3.63) is 69.6 Å². The van der Waals surface area contributed by atoms with Gasteiger partial charge < -0.3 is 15.0 Å². The summed E-state index contributed by atoms with van der Waals surface area (Å²) in [6.45, 7) is 0.128. The van der Waals surface area contributed by atoms with Gasteiger partial charge in [0.05, 0.1) is 5.02 Å². The first-order chi connectivity index (χ1) is 11.5. The van der Waals surface area contributed by atoms with Crippen molar-refractivity contribution in [1.29, 1.82) is 0 Å². The number of amides is 1. The van der Waals surface area contributed by atoms with Crippen LogP contribution in [0.4, 0.5) is 0 Å². The standard InChI is InChI=1S/C17H17ClN2O4/c18-13-6-7-16(22)20(11-13)9-8-15(21)19-14(17(23)24)10-12-4-2-1-3-5-12/h1-7,11,14H,8-10H2,(H,19,21)(H,23,24). The van der Waals surface area contributed by atoms with E-state index in [2.05, 4.69) is 5.32 Å². The Bertz CT molecular complexity index is 774. The molecule has 0 aliphatic rings. The molecule has 126 valence electrons. The monoisotopic (exact) mass is 348 g/mol. The van der Waals surface area contributed by atoms with E-state index >= 15 is 0 Å². The Morgan fingerprint density at radius 2 is 1.88 bits per heavy atom. The Morgan fingerprint density at radius 1 is 1.17 bits per heavy atom. The minimum atomic E-state index is -1.10. The highest BCUT2D eigenvalue weighted by molar-refractivity contribution is 6.30. The summed E-state index contributed by atoms with van der Waals surface area (Å²) in [5, 5.41) is 12.1. The Morgan fingerprint density at radius 3 is 2.54 bits per heavy atom. The zero-order valence-corrected chi connectivity index (χ0v) is 13.6. The number of rotatable bonds is 7. The highest BCUT2D eigenvalue weighted by Crippen LogP contribution is 2.05. The van der Waals surface area contributed by atoms with E-state index in [4.69, 9.17) is 11.6 Å². The van der Waals surface area contributed by atoms with Crippen LogP contribution in [0.2, 0.25) is 5.02 Å². The molecule has 24 heavy (non-hydrogen) atoms. The maximum absolute atomic E-state index is 12.0. The normalized spacial score (nSPS) is 11.7. The lowest BCUT2D eigenvalue weighted by molar-refractivity contribution is -0.141. The molecule has 2 rings (SSSR count). The molecule has 7 heteroatoms. The van der Waals surface area contributed by atoms with Gasteiger partial charge in [-0.25, -0.2) is 4.79 Å². The van der Waals surface area contributed by atoms with Crippen molar-refractivity contribution >= 4 is 23.5 Å². The van der Waals surface area contributed by atoms with Gasteiger partial charge in [0.15, 0.2) is 0 Å². The molecule has 1 unspecified atom stereocenters. The number of nitrogens with zero attached hydrogens (tertiary/aromatic N) is 1. The smallest absolute Gasteiger partial charge is 0.326 e. The van der Waals surface area contributed by atoms with Crippen LogP contribution in [0, 0.1) is 0 Å². The fraction of sp³-hybridized carbons (Fsp3) is 0.235. The number of nitrogens with one attached hydrogen (secondary N) is 1. The lowest BCUT2D eigenvalue weighted by atomic mass is 10.1. The highest BCUT2D eigenvalue weighted by Gasteiger charge is 2.20. The van der Waals surface area contributed by atoms with E-state index in [1.165, 1.54) is 22.9 Å². The number of carboxylic acid groups (broad SMARTS) is 1. The summed E-state index contributed by atoms with van der Waals surface area (Å²) in [7, 11) is 0. The number of aliphatic carboxylic acids is 1. The van der Waals surface area contributed by atoms with Gasteiger partial charge in [0.1, 0.15) is 6.04 Å². The molecule has 0 aliphatic carbocycles. The van der Waals surface area contributed by atoms with Gasteiger partial charge in [-0.05, 0) is 11.6 Å². The number of benzene rings is 1. The van der Waals surface area contributed by atoms with Crippen LogP contribution >= 0.6 is 11.6 Å². The van der Waals surface area contributed by atoms with Crippen molar-refractivity contribution in [2.75, 3.05) is 0 Å². The van der Waals surface area contributed by atoms with Crippen molar-refractivity contribution in [3.8, 4) is 0 Å². The van der Waals surface area contributed by atoms with Crippen LogP contribution in [0.5, 0.6) is 0 Å². The SMILES string of the molecule is O=C(CCn1cc(Cl)ccc1=O)NC(Cc1ccccc1)C(=O)O. The van der Waals surface area contributed by atoms with Gasteiger partial charge in [-0.15, -0.1) is 0 Å². The first-order valence-corrected chi connectivity index (χ1v) is 7.75. The molecule has 6 nitrogen and oxygen atoms in total. The van der Waals surface area contributed by atoms with Gasteiger partial charge in [-0.2, -0.15) is 0 Å². The minimum Gasteiger partial charge on any atom is -0.480 e. The molecule has 0 bridgehead atoms. The van der Waals surface area contributed by atoms with Crippen LogP contribution in [0.1, 0.15) is 12.0 Å². The summed E-state index contributed by atoms with van der Waals surface area (Å²) in [4.78, 5) is 35.0. The predicted octanol–water partition coefficient (Wildman–Crippen LogP) is 1.70. The third-order valence-corrected chi connectivity index (χ3v) is 3.67. The average molecular weight is 349 g/mol. The van der Waals surface area contributed by atoms with Crippen molar-refractivity contribution in [2.24, 2.45) is 0 Å². The maximum Gasteiger partial charge on any atom is 0.326 e. The lowest BCUT2D eigenvalue weighted by Crippen LogP contribution is -2.42. The van der Waals surface area contributed by atoms with Crippen LogP contribution in [0.3, 0.4) is 0 Å². The molecule has 1 heterocycles. The summed E-state index contributed by atoms with van der Waals surface area (Å²) in [6, 6.07) is 10.8. The van der Waals surface area contributed by atoms with Gasteiger partial charge in [-0.1, -0.05) is 41.9 Å². The number of pyridine rings is 1. The summed E-state index contributed by atoms with van der Waals surface area (Å²) in [5.41, 5.74) is 0.544. The number of hydrogen-bond donors (Lipinski definition) is 2. The van der Waals surface area contributed by atoms with E-state index in [-0.39, 0.29) is 24.9 Å². The van der Waals surface area contributed by atoms with Gasteiger partial charge in [0.25, 0.3) is 5.56 Å². The number of carbonyl (C=O) groups excluding carboxylic acids is 1. The third kappa shape index (κ3) is 5.24. The van der Waals surface area contributed by atoms with Crippen LogP contribution in [0.15, 0.2) is 53.5 Å². The van der Waals surface area contributed by atoms with E-state index in [9.17, 15) is 19.5 Å². The zero-order chi connectivity index (χ0) is 17.5. The molecule has 2 aromatic rings. The Kier molecular flexibility index (Phi) is 6.14. The van der Waals surface area contributed by atoms with Gasteiger partial charge >= 0.3 is 5.97 Å². The van der Waals surface area contributed by atoms with E-state index in [0.717, 1.165) is 5.56 Å². The molecule has 0 saturated carbocycles. The van der Waals surface area contributed by atoms with Crippen molar-refractivity contribution in [3.63, 3.8) is 0 Å². The van der Waals surface area contributed by atoms with E-state index in [1.54, 1.807) is 12.1 Å². The van der Waals surface area contributed by atoms with Gasteiger partial charge in [0.2, 0.25) is 5.91 Å². The number of carboxylic acids is 1. The molecule has 0 fully saturated rings. The van der Waals surface area contributed by atoms with Crippen molar-refractivity contribution < 1.29 is 14.7 Å². The first kappa shape index (κ1) is 17.7. The van der Waals surface area contributed by atoms with E-state index in [0.29, 0.717) is 5.02 Å². The average Bonchev–Trinajstić information content (AvgIpc) is 2.56. The number of carbonyl (C=O) groups is 2. The summed E-state index contributed by atoms with van der Waals surface area (Å²) in [6.07, 6.45) is 1.62. The summed E-state index contributed by atoms with van der Waals surface area (Å²) >= 11 is 5.81. The maximum atomic E-state index is 12.0. The Hall–Kier alpha value is -2.60. The van der Waals surface area contributed by atoms with Gasteiger partial charge in [-0.3, -0.25) is 9.59 Å². The fourth-order valence-corrected chi connectivity index (χ4v) is 2.40. The Labute approximate surface area is 143 Å². The Balaban J connectivity index is 1.94. The topological polar surface area (TPSA) is 88.4 Å². The predicted molar refractivity (Wildman–Crippen MR) is 90.0 cm³/mol. The second-order valence-electron chi connectivity index (χ2n) is 5.28. The minimum absolute atomic E-state index is 0.0151. The molecule has 0 spiro atoms. The molecule has 1 amide bonds. The molecule has 0 aliphatic heterocycles. The molecule has 1 atom stereocenters. The number of hydrogen-bond acceptors (Lipinski definition) is 3. The molecule has 0 saturated heterocycles. The largest absolute Gasteiger partial charge is 0.480 e. The van der Waals surface area contributed by atoms with Crippen LogP contribution in [-0.4, -0.2) is 27.6 Å². The van der Waals surface area contributed by atoms with Crippen LogP contribution in [0.25, 0.3) is 0 Å². The quantitative estimate of drug-likeness (QED) is 0.797. The lowest BCUT2D eigenvalue weighted by Gasteiger charge is -2.15. The first-order valence-electron chi connectivity index (χ1n) is 7.38.